The zero-order valence-corrected chi connectivity index (χ0v) is 18.7. The third-order valence-corrected chi connectivity index (χ3v) is 7.10. The summed E-state index contributed by atoms with van der Waals surface area (Å²) in [5, 5.41) is 0. The van der Waals surface area contributed by atoms with Gasteiger partial charge in [-0.3, -0.25) is 0 Å². The molecule has 1 heteroatoms. The summed E-state index contributed by atoms with van der Waals surface area (Å²) in [6.07, 6.45) is 30.9. The van der Waals surface area contributed by atoms with Crippen molar-refractivity contribution in [1.29, 1.82) is 0 Å². The van der Waals surface area contributed by atoms with Crippen molar-refractivity contribution < 1.29 is 0 Å². The van der Waals surface area contributed by atoms with Crippen LogP contribution in [0.3, 0.4) is 0 Å². The molecule has 1 saturated heterocycles. The van der Waals surface area contributed by atoms with E-state index in [2.05, 4.69) is 37.3 Å². The van der Waals surface area contributed by atoms with E-state index in [0.717, 1.165) is 13.0 Å². The number of rotatable bonds is 2. The average molecular weight is 384 g/mol. The highest BCUT2D eigenvalue weighted by Gasteiger charge is 2.29. The molecule has 2 fully saturated rings. The molecule has 1 spiro atoms. The lowest BCUT2D eigenvalue weighted by Crippen LogP contribution is -2.24. The lowest BCUT2D eigenvalue weighted by atomic mass is 9.69. The van der Waals surface area contributed by atoms with Gasteiger partial charge in [-0.05, 0) is 62.0 Å². The lowest BCUT2D eigenvalue weighted by molar-refractivity contribution is 0.162. The number of nitrogens with zero attached hydrogens (tertiary/aromatic N) is 1. The summed E-state index contributed by atoms with van der Waals surface area (Å²) >= 11 is 0. The summed E-state index contributed by atoms with van der Waals surface area (Å²) in [7, 11) is 2.25. The molecule has 0 atom stereocenters. The molecule has 0 bridgehead atoms. The highest BCUT2D eigenvalue weighted by atomic mass is 15.1. The Morgan fingerprint density at radius 1 is 0.679 bits per heavy atom. The van der Waals surface area contributed by atoms with Crippen molar-refractivity contribution in [1.82, 2.24) is 4.90 Å². The first kappa shape index (κ1) is 23.0. The Balaban J connectivity index is 2.08. The highest BCUT2D eigenvalue weighted by molar-refractivity contribution is 5.34. The van der Waals surface area contributed by atoms with Gasteiger partial charge in [0.2, 0.25) is 0 Å². The zero-order chi connectivity index (χ0) is 20.1. The molecule has 2 aliphatic rings. The van der Waals surface area contributed by atoms with Gasteiger partial charge in [-0.2, -0.15) is 0 Å². The van der Waals surface area contributed by atoms with Gasteiger partial charge in [-0.1, -0.05) is 89.2 Å². The van der Waals surface area contributed by atoms with E-state index in [1.165, 1.54) is 108 Å². The van der Waals surface area contributed by atoms with Gasteiger partial charge in [0, 0.05) is 19.3 Å². The van der Waals surface area contributed by atoms with E-state index in [4.69, 9.17) is 0 Å². The number of hydrogen-bond donors (Lipinski definition) is 0. The normalized spacial score (nSPS) is 26.4. The van der Waals surface area contributed by atoms with Crippen LogP contribution in [0, 0.1) is 5.41 Å². The van der Waals surface area contributed by atoms with Crippen molar-refractivity contribution in [3.8, 4) is 0 Å². The molecule has 1 saturated carbocycles. The summed E-state index contributed by atoms with van der Waals surface area (Å²) in [5.41, 5.74) is 3.43. The third-order valence-electron chi connectivity index (χ3n) is 7.10. The second-order valence-electron chi connectivity index (χ2n) is 9.28. The molecule has 1 heterocycles. The Morgan fingerprint density at radius 3 is 1.75 bits per heavy atom. The van der Waals surface area contributed by atoms with Crippen LogP contribution in [0.4, 0.5) is 0 Å². The fourth-order valence-electron chi connectivity index (χ4n) is 5.45. The minimum atomic E-state index is 0.663. The standard InChI is InChI=1S/C27H45N/c1-4-17-25-19-11-7-10-14-22-27(20-12-8-6-9-13-21-27)23-15-16-24-28(3)26(25)18-5-2/h4-5,17-18H,1-2,6-16,19-24H2,3H3/b25-17-,26-18+. The monoisotopic (exact) mass is 383 g/mol. The van der Waals surface area contributed by atoms with Gasteiger partial charge in [0.05, 0.1) is 0 Å². The van der Waals surface area contributed by atoms with Crippen LogP contribution in [0.1, 0.15) is 103 Å². The third kappa shape index (κ3) is 7.64. The minimum Gasteiger partial charge on any atom is -0.374 e. The van der Waals surface area contributed by atoms with Crippen molar-refractivity contribution in [3.05, 3.63) is 48.7 Å². The number of hydrogen-bond acceptors (Lipinski definition) is 1. The molecule has 0 aromatic carbocycles. The molecule has 0 amide bonds. The van der Waals surface area contributed by atoms with E-state index in [0.29, 0.717) is 5.41 Å². The summed E-state index contributed by atoms with van der Waals surface area (Å²) < 4.78 is 0. The fourth-order valence-corrected chi connectivity index (χ4v) is 5.45. The van der Waals surface area contributed by atoms with Gasteiger partial charge in [-0.15, -0.1) is 0 Å². The zero-order valence-electron chi connectivity index (χ0n) is 18.7. The van der Waals surface area contributed by atoms with Crippen LogP contribution in [0.5, 0.6) is 0 Å². The van der Waals surface area contributed by atoms with E-state index in [-0.39, 0.29) is 0 Å². The van der Waals surface area contributed by atoms with Gasteiger partial charge >= 0.3 is 0 Å². The van der Waals surface area contributed by atoms with Gasteiger partial charge in [-0.25, -0.2) is 0 Å². The van der Waals surface area contributed by atoms with Crippen molar-refractivity contribution >= 4 is 0 Å². The molecule has 0 aromatic heterocycles. The molecule has 0 radical (unpaired) electrons. The first-order chi connectivity index (χ1) is 13.7. The second-order valence-corrected chi connectivity index (χ2v) is 9.28. The van der Waals surface area contributed by atoms with Crippen LogP contribution in [-0.4, -0.2) is 18.5 Å². The maximum Gasteiger partial charge on any atom is 0.0395 e. The maximum atomic E-state index is 3.96. The summed E-state index contributed by atoms with van der Waals surface area (Å²) in [6, 6.07) is 0. The topological polar surface area (TPSA) is 3.24 Å². The Bertz CT molecular complexity index is 516. The van der Waals surface area contributed by atoms with Gasteiger partial charge in [0.1, 0.15) is 0 Å². The molecule has 0 N–H and O–H groups in total. The first-order valence-electron chi connectivity index (χ1n) is 12.1. The van der Waals surface area contributed by atoms with Crippen LogP contribution in [0.25, 0.3) is 0 Å². The Hall–Kier alpha value is -1.24. The van der Waals surface area contributed by atoms with Crippen molar-refractivity contribution in [2.45, 2.75) is 103 Å². The van der Waals surface area contributed by atoms with Gasteiger partial charge in [0.15, 0.2) is 0 Å². The van der Waals surface area contributed by atoms with Crippen molar-refractivity contribution in [2.75, 3.05) is 13.6 Å². The summed E-state index contributed by atoms with van der Waals surface area (Å²) in [6.45, 7) is 9.05. The molecule has 0 aromatic rings. The van der Waals surface area contributed by atoms with Crippen molar-refractivity contribution in [2.24, 2.45) is 5.41 Å². The van der Waals surface area contributed by atoms with Crippen LogP contribution < -0.4 is 0 Å². The molecule has 1 aliphatic heterocycles. The molecule has 1 aliphatic carbocycles. The van der Waals surface area contributed by atoms with E-state index in [1.807, 2.05) is 12.2 Å². The van der Waals surface area contributed by atoms with E-state index in [1.54, 1.807) is 0 Å². The summed E-state index contributed by atoms with van der Waals surface area (Å²) in [5.74, 6) is 0. The fraction of sp³-hybridized carbons (Fsp3) is 0.704. The smallest absolute Gasteiger partial charge is 0.0395 e. The lowest BCUT2D eigenvalue weighted by Gasteiger charge is -2.36. The minimum absolute atomic E-state index is 0.663. The predicted molar refractivity (Wildman–Crippen MR) is 125 cm³/mol. The summed E-state index contributed by atoms with van der Waals surface area (Å²) in [4.78, 5) is 2.45. The van der Waals surface area contributed by atoms with Crippen molar-refractivity contribution in [3.63, 3.8) is 0 Å². The SMILES string of the molecule is C=C/C=C1/CCCCCCC2(CCCCCCC2)CCCCN(C)/C1=C/C=C. The maximum absolute atomic E-state index is 3.96. The van der Waals surface area contributed by atoms with E-state index < -0.39 is 0 Å². The first-order valence-corrected chi connectivity index (χ1v) is 12.1. The number of allylic oxidation sites excluding steroid dienone is 5. The largest absolute Gasteiger partial charge is 0.374 e. The quantitative estimate of drug-likeness (QED) is 0.463. The Labute approximate surface area is 175 Å². The van der Waals surface area contributed by atoms with E-state index in [9.17, 15) is 0 Å². The van der Waals surface area contributed by atoms with Crippen LogP contribution in [0.2, 0.25) is 0 Å². The second kappa shape index (κ2) is 13.1. The molecule has 2 rings (SSSR count). The molecule has 1 nitrogen and oxygen atoms in total. The number of likely N-dealkylation sites (N-methyl/N-ethyl adjacent to an activating group) is 1. The molecular weight excluding hydrogens is 338 g/mol. The van der Waals surface area contributed by atoms with Crippen LogP contribution >= 0.6 is 0 Å². The van der Waals surface area contributed by atoms with E-state index >= 15 is 0 Å². The molecule has 0 unspecified atom stereocenters. The van der Waals surface area contributed by atoms with Gasteiger partial charge < -0.3 is 4.90 Å². The average Bonchev–Trinajstić information content (AvgIpc) is 2.67. The van der Waals surface area contributed by atoms with Gasteiger partial charge in [0.25, 0.3) is 0 Å². The van der Waals surface area contributed by atoms with Crippen LogP contribution in [-0.2, 0) is 0 Å². The molecular formula is C27H45N. The predicted octanol–water partition coefficient (Wildman–Crippen LogP) is 8.36. The highest BCUT2D eigenvalue weighted by Crippen LogP contribution is 2.43. The molecule has 28 heavy (non-hydrogen) atoms. The van der Waals surface area contributed by atoms with Crippen LogP contribution in [0.15, 0.2) is 48.7 Å². The Morgan fingerprint density at radius 2 is 1.18 bits per heavy atom. The molecule has 158 valence electrons. The Kier molecular flexibility index (Phi) is 10.8.